The van der Waals surface area contributed by atoms with Gasteiger partial charge in [0.25, 0.3) is 0 Å². The van der Waals surface area contributed by atoms with Crippen LogP contribution >= 0.6 is 0 Å². The van der Waals surface area contributed by atoms with Gasteiger partial charge in [0.05, 0.1) is 12.3 Å². The van der Waals surface area contributed by atoms with Crippen LogP contribution in [0.2, 0.25) is 0 Å². The number of nitrogens with one attached hydrogen (secondary N) is 2. The van der Waals surface area contributed by atoms with Crippen molar-refractivity contribution in [1.82, 2.24) is 5.32 Å². The molecule has 0 unspecified atom stereocenters. The number of methoxy groups -OCH3 is 1. The van der Waals surface area contributed by atoms with Gasteiger partial charge in [-0.05, 0) is 12.1 Å². The van der Waals surface area contributed by atoms with Gasteiger partial charge in [-0.1, -0.05) is 12.1 Å². The number of hydrogen-bond acceptors (Lipinski definition) is 4. The first-order valence-electron chi connectivity index (χ1n) is 5.61. The Hall–Kier alpha value is -2.28. The topological polar surface area (TPSA) is 96.9 Å². The van der Waals surface area contributed by atoms with Crippen LogP contribution in [0.1, 0.15) is 0 Å². The van der Waals surface area contributed by atoms with Gasteiger partial charge in [-0.3, -0.25) is 0 Å². The number of aliphatic carboxylic acids is 1. The van der Waals surface area contributed by atoms with E-state index in [4.69, 9.17) is 14.6 Å². The van der Waals surface area contributed by atoms with E-state index in [9.17, 15) is 9.59 Å². The van der Waals surface area contributed by atoms with E-state index in [0.29, 0.717) is 24.6 Å². The van der Waals surface area contributed by atoms with Crippen LogP contribution in [0, 0.1) is 0 Å². The molecule has 0 heterocycles. The van der Waals surface area contributed by atoms with E-state index in [1.165, 1.54) is 7.11 Å². The molecule has 0 spiro atoms. The summed E-state index contributed by atoms with van der Waals surface area (Å²) in [4.78, 5) is 22.0. The number of carbonyl (C=O) groups excluding carboxylic acids is 1. The zero-order valence-electron chi connectivity index (χ0n) is 10.5. The molecule has 0 fully saturated rings. The largest absolute Gasteiger partial charge is 0.480 e. The predicted molar refractivity (Wildman–Crippen MR) is 68.5 cm³/mol. The van der Waals surface area contributed by atoms with Gasteiger partial charge < -0.3 is 25.2 Å². The fraction of sp³-hybridized carbons (Fsp3) is 0.333. The first-order valence-corrected chi connectivity index (χ1v) is 5.61. The van der Waals surface area contributed by atoms with E-state index >= 15 is 0 Å². The third kappa shape index (κ3) is 5.73. The minimum Gasteiger partial charge on any atom is -0.480 e. The number of carbonyl (C=O) groups is 2. The highest BCUT2D eigenvalue weighted by atomic mass is 16.5. The van der Waals surface area contributed by atoms with E-state index in [1.54, 1.807) is 24.3 Å². The SMILES string of the molecule is COCCNC(=O)Nc1ccccc1OCC(=O)O. The maximum absolute atomic E-state index is 11.5. The number of ether oxygens (including phenoxy) is 2. The van der Waals surface area contributed by atoms with Crippen LogP contribution in [0.15, 0.2) is 24.3 Å². The Morgan fingerprint density at radius 2 is 2.05 bits per heavy atom. The van der Waals surface area contributed by atoms with Crippen LogP contribution in [0.25, 0.3) is 0 Å². The molecule has 0 radical (unpaired) electrons. The minimum atomic E-state index is -1.08. The highest BCUT2D eigenvalue weighted by molar-refractivity contribution is 5.90. The van der Waals surface area contributed by atoms with Crippen LogP contribution in [0.5, 0.6) is 5.75 Å². The number of carboxylic acid groups (broad SMARTS) is 1. The van der Waals surface area contributed by atoms with Crippen molar-refractivity contribution in [2.45, 2.75) is 0 Å². The van der Waals surface area contributed by atoms with Gasteiger partial charge in [-0.15, -0.1) is 0 Å². The van der Waals surface area contributed by atoms with Gasteiger partial charge in [0, 0.05) is 13.7 Å². The number of para-hydroxylation sites is 2. The molecule has 0 aliphatic carbocycles. The third-order valence-corrected chi connectivity index (χ3v) is 2.08. The molecule has 1 aromatic rings. The Labute approximate surface area is 110 Å². The molecule has 7 heteroatoms. The maximum Gasteiger partial charge on any atom is 0.341 e. The Morgan fingerprint density at radius 1 is 1.32 bits per heavy atom. The Kier molecular flexibility index (Phi) is 6.17. The van der Waals surface area contributed by atoms with Gasteiger partial charge in [0.1, 0.15) is 5.75 Å². The van der Waals surface area contributed by atoms with Crippen LogP contribution in [0.3, 0.4) is 0 Å². The summed E-state index contributed by atoms with van der Waals surface area (Å²) in [5.74, 6) is -0.786. The fourth-order valence-corrected chi connectivity index (χ4v) is 1.27. The Balaban J connectivity index is 2.56. The first-order chi connectivity index (χ1) is 9.13. The zero-order valence-corrected chi connectivity index (χ0v) is 10.5. The minimum absolute atomic E-state index is 0.298. The number of amides is 2. The Bertz CT molecular complexity index is 436. The van der Waals surface area contributed by atoms with Crippen LogP contribution in [-0.2, 0) is 9.53 Å². The molecule has 1 aromatic carbocycles. The van der Waals surface area contributed by atoms with Crippen LogP contribution in [-0.4, -0.2) is 44.0 Å². The van der Waals surface area contributed by atoms with Crippen molar-refractivity contribution in [1.29, 1.82) is 0 Å². The summed E-state index contributed by atoms with van der Waals surface area (Å²) in [5, 5.41) is 13.7. The smallest absolute Gasteiger partial charge is 0.341 e. The second-order valence-corrected chi connectivity index (χ2v) is 3.55. The van der Waals surface area contributed by atoms with Crippen LogP contribution < -0.4 is 15.4 Å². The van der Waals surface area contributed by atoms with Gasteiger partial charge in [0.2, 0.25) is 0 Å². The number of rotatable bonds is 7. The van der Waals surface area contributed by atoms with E-state index in [1.807, 2.05) is 0 Å². The summed E-state index contributed by atoms with van der Waals surface area (Å²) in [6, 6.07) is 6.17. The van der Waals surface area contributed by atoms with Crippen molar-refractivity contribution in [3.63, 3.8) is 0 Å². The lowest BCUT2D eigenvalue weighted by molar-refractivity contribution is -0.139. The number of hydrogen-bond donors (Lipinski definition) is 3. The van der Waals surface area contributed by atoms with Crippen molar-refractivity contribution >= 4 is 17.7 Å². The summed E-state index contributed by atoms with van der Waals surface area (Å²) in [6.45, 7) is 0.315. The van der Waals surface area contributed by atoms with Crippen molar-refractivity contribution in [2.75, 3.05) is 32.2 Å². The molecule has 0 aliphatic rings. The molecule has 0 saturated heterocycles. The zero-order chi connectivity index (χ0) is 14.1. The van der Waals surface area contributed by atoms with E-state index in [0.717, 1.165) is 0 Å². The highest BCUT2D eigenvalue weighted by Crippen LogP contribution is 2.23. The lowest BCUT2D eigenvalue weighted by atomic mass is 10.3. The molecular formula is C12H16N2O5. The lowest BCUT2D eigenvalue weighted by Crippen LogP contribution is -2.31. The molecule has 19 heavy (non-hydrogen) atoms. The molecule has 0 saturated carbocycles. The lowest BCUT2D eigenvalue weighted by Gasteiger charge is -2.11. The average Bonchev–Trinajstić information content (AvgIpc) is 2.38. The number of carboxylic acids is 1. The van der Waals surface area contributed by atoms with Crippen molar-refractivity contribution in [3.05, 3.63) is 24.3 Å². The predicted octanol–water partition coefficient (Wildman–Crippen LogP) is 0.918. The summed E-state index contributed by atoms with van der Waals surface area (Å²) in [5.41, 5.74) is 0.402. The first kappa shape index (κ1) is 14.8. The fourth-order valence-electron chi connectivity index (χ4n) is 1.27. The standard InChI is InChI=1S/C12H16N2O5/c1-18-7-6-13-12(17)14-9-4-2-3-5-10(9)19-8-11(15)16/h2-5H,6-8H2,1H3,(H,15,16)(H2,13,14,17). The van der Waals surface area contributed by atoms with Crippen LogP contribution in [0.4, 0.5) is 10.5 Å². The van der Waals surface area contributed by atoms with Gasteiger partial charge >= 0.3 is 12.0 Å². The normalized spacial score (nSPS) is 9.74. The molecule has 0 aliphatic heterocycles. The van der Waals surface area contributed by atoms with E-state index in [-0.39, 0.29) is 0 Å². The highest BCUT2D eigenvalue weighted by Gasteiger charge is 2.08. The summed E-state index contributed by atoms with van der Waals surface area (Å²) < 4.78 is 9.86. The Morgan fingerprint density at radius 3 is 2.74 bits per heavy atom. The average molecular weight is 268 g/mol. The second kappa shape index (κ2) is 7.93. The number of anilines is 1. The monoisotopic (exact) mass is 268 g/mol. The molecule has 0 bridgehead atoms. The van der Waals surface area contributed by atoms with E-state index in [2.05, 4.69) is 10.6 Å². The molecule has 2 amide bonds. The molecule has 104 valence electrons. The third-order valence-electron chi connectivity index (χ3n) is 2.08. The van der Waals surface area contributed by atoms with Gasteiger partial charge in [-0.25, -0.2) is 9.59 Å². The van der Waals surface area contributed by atoms with Crippen molar-refractivity contribution in [2.24, 2.45) is 0 Å². The second-order valence-electron chi connectivity index (χ2n) is 3.55. The number of benzene rings is 1. The molecule has 7 nitrogen and oxygen atoms in total. The quantitative estimate of drug-likeness (QED) is 0.639. The number of urea groups is 1. The molecule has 0 atom stereocenters. The summed E-state index contributed by atoms with van der Waals surface area (Å²) in [7, 11) is 1.54. The molecular weight excluding hydrogens is 252 g/mol. The molecule has 1 rings (SSSR count). The van der Waals surface area contributed by atoms with Crippen molar-refractivity contribution in [3.8, 4) is 5.75 Å². The summed E-state index contributed by atoms with van der Waals surface area (Å²) >= 11 is 0. The van der Waals surface area contributed by atoms with Gasteiger partial charge in [-0.2, -0.15) is 0 Å². The van der Waals surface area contributed by atoms with Crippen molar-refractivity contribution < 1.29 is 24.2 Å². The maximum atomic E-state index is 11.5. The van der Waals surface area contributed by atoms with E-state index < -0.39 is 18.6 Å². The summed E-state index contributed by atoms with van der Waals surface area (Å²) in [6.07, 6.45) is 0. The van der Waals surface area contributed by atoms with Gasteiger partial charge in [0.15, 0.2) is 6.61 Å². The molecule has 3 N–H and O–H groups in total. The molecule has 0 aromatic heterocycles.